The Morgan fingerprint density at radius 2 is 2.17 bits per heavy atom. The van der Waals surface area contributed by atoms with Gasteiger partial charge in [-0.3, -0.25) is 4.79 Å². The molecular formula is C13H16BrClN2O. The number of hydrogen-bond acceptors (Lipinski definition) is 2. The highest BCUT2D eigenvalue weighted by molar-refractivity contribution is 9.10. The van der Waals surface area contributed by atoms with E-state index < -0.39 is 0 Å². The van der Waals surface area contributed by atoms with Crippen molar-refractivity contribution in [1.29, 1.82) is 0 Å². The van der Waals surface area contributed by atoms with Gasteiger partial charge in [0.1, 0.15) is 0 Å². The van der Waals surface area contributed by atoms with Gasteiger partial charge in [0.05, 0.1) is 5.56 Å². The first-order chi connectivity index (χ1) is 8.66. The topological polar surface area (TPSA) is 41.1 Å². The van der Waals surface area contributed by atoms with Crippen molar-refractivity contribution in [3.05, 3.63) is 33.3 Å². The number of hydrogen-bond donors (Lipinski definition) is 2. The first-order valence-electron chi connectivity index (χ1n) is 6.11. The van der Waals surface area contributed by atoms with Crippen molar-refractivity contribution in [2.45, 2.75) is 12.8 Å². The lowest BCUT2D eigenvalue weighted by atomic mass is 9.98. The van der Waals surface area contributed by atoms with Gasteiger partial charge in [0, 0.05) is 16.0 Å². The summed E-state index contributed by atoms with van der Waals surface area (Å²) in [5.74, 6) is 0.540. The summed E-state index contributed by atoms with van der Waals surface area (Å²) in [5, 5.41) is 6.93. The lowest BCUT2D eigenvalue weighted by molar-refractivity contribution is 0.0943. The number of amides is 1. The third-order valence-electron chi connectivity index (χ3n) is 3.19. The number of rotatable bonds is 3. The number of carbonyl (C=O) groups excluding carboxylic acids is 1. The quantitative estimate of drug-likeness (QED) is 0.894. The molecule has 1 saturated heterocycles. The molecule has 1 aliphatic rings. The summed E-state index contributed by atoms with van der Waals surface area (Å²) in [7, 11) is 0. The monoisotopic (exact) mass is 330 g/mol. The van der Waals surface area contributed by atoms with Gasteiger partial charge in [-0.05, 0) is 66.0 Å². The van der Waals surface area contributed by atoms with E-state index in [4.69, 9.17) is 11.6 Å². The summed E-state index contributed by atoms with van der Waals surface area (Å²) < 4.78 is 0.734. The Balaban J connectivity index is 1.90. The van der Waals surface area contributed by atoms with E-state index in [9.17, 15) is 4.79 Å². The van der Waals surface area contributed by atoms with E-state index in [1.165, 1.54) is 0 Å². The molecule has 3 nitrogen and oxygen atoms in total. The lowest BCUT2D eigenvalue weighted by Crippen LogP contribution is -2.36. The first kappa shape index (κ1) is 13.8. The average Bonchev–Trinajstić information content (AvgIpc) is 2.37. The molecule has 1 aliphatic heterocycles. The van der Waals surface area contributed by atoms with Crippen LogP contribution < -0.4 is 10.6 Å². The van der Waals surface area contributed by atoms with Crippen LogP contribution in [0, 0.1) is 5.92 Å². The van der Waals surface area contributed by atoms with Crippen molar-refractivity contribution in [2.75, 3.05) is 19.6 Å². The van der Waals surface area contributed by atoms with Crippen LogP contribution in [0.2, 0.25) is 5.02 Å². The van der Waals surface area contributed by atoms with Crippen molar-refractivity contribution in [3.63, 3.8) is 0 Å². The van der Waals surface area contributed by atoms with Gasteiger partial charge >= 0.3 is 0 Å². The van der Waals surface area contributed by atoms with Crippen LogP contribution in [-0.2, 0) is 0 Å². The molecule has 1 fully saturated rings. The van der Waals surface area contributed by atoms with Crippen molar-refractivity contribution in [3.8, 4) is 0 Å². The molecule has 18 heavy (non-hydrogen) atoms. The van der Waals surface area contributed by atoms with Crippen molar-refractivity contribution in [1.82, 2.24) is 10.6 Å². The largest absolute Gasteiger partial charge is 0.352 e. The summed E-state index contributed by atoms with van der Waals surface area (Å²) in [4.78, 5) is 12.0. The smallest absolute Gasteiger partial charge is 0.252 e. The zero-order chi connectivity index (χ0) is 13.0. The second-order valence-corrected chi connectivity index (χ2v) is 5.82. The maximum absolute atomic E-state index is 12.0. The lowest BCUT2D eigenvalue weighted by Gasteiger charge is -2.22. The molecule has 0 saturated carbocycles. The SMILES string of the molecule is O=C(NCC1CCNCC1)c1ccc(Cl)cc1Br. The molecule has 2 rings (SSSR count). The Bertz CT molecular complexity index is 433. The summed E-state index contributed by atoms with van der Waals surface area (Å²) in [6, 6.07) is 5.21. The van der Waals surface area contributed by atoms with Crippen LogP contribution in [0.4, 0.5) is 0 Å². The minimum Gasteiger partial charge on any atom is -0.352 e. The van der Waals surface area contributed by atoms with Gasteiger partial charge in [0.2, 0.25) is 0 Å². The molecule has 0 spiro atoms. The molecule has 0 radical (unpaired) electrons. The van der Waals surface area contributed by atoms with Gasteiger partial charge in [0.25, 0.3) is 5.91 Å². The number of piperidine rings is 1. The summed E-state index contributed by atoms with van der Waals surface area (Å²) >= 11 is 9.21. The number of halogens is 2. The Kier molecular flexibility index (Phi) is 5.03. The normalized spacial score (nSPS) is 16.6. The van der Waals surface area contributed by atoms with Crippen molar-refractivity contribution < 1.29 is 4.79 Å². The van der Waals surface area contributed by atoms with Crippen molar-refractivity contribution in [2.24, 2.45) is 5.92 Å². The van der Waals surface area contributed by atoms with E-state index in [1.54, 1.807) is 18.2 Å². The van der Waals surface area contributed by atoms with Crippen LogP contribution >= 0.6 is 27.5 Å². The zero-order valence-electron chi connectivity index (χ0n) is 10.0. The van der Waals surface area contributed by atoms with Gasteiger partial charge in [0.15, 0.2) is 0 Å². The molecule has 1 aromatic rings. The maximum atomic E-state index is 12.0. The van der Waals surface area contributed by atoms with E-state index in [1.807, 2.05) is 0 Å². The third kappa shape index (κ3) is 3.70. The second kappa shape index (κ2) is 6.55. The molecule has 0 bridgehead atoms. The highest BCUT2D eigenvalue weighted by Crippen LogP contribution is 2.21. The van der Waals surface area contributed by atoms with E-state index in [2.05, 4.69) is 26.6 Å². The van der Waals surface area contributed by atoms with E-state index in [-0.39, 0.29) is 5.91 Å². The molecule has 0 aliphatic carbocycles. The molecule has 0 unspecified atom stereocenters. The maximum Gasteiger partial charge on any atom is 0.252 e. The van der Waals surface area contributed by atoms with Gasteiger partial charge in [-0.2, -0.15) is 0 Å². The molecule has 1 aromatic carbocycles. The zero-order valence-corrected chi connectivity index (χ0v) is 12.4. The first-order valence-corrected chi connectivity index (χ1v) is 7.28. The van der Waals surface area contributed by atoms with Gasteiger partial charge < -0.3 is 10.6 Å². The molecule has 98 valence electrons. The predicted octanol–water partition coefficient (Wildman–Crippen LogP) is 2.83. The molecule has 1 heterocycles. The standard InChI is InChI=1S/C13H16BrClN2O/c14-12-7-10(15)1-2-11(12)13(18)17-8-9-3-5-16-6-4-9/h1-2,7,9,16H,3-6,8H2,(H,17,18). The minimum atomic E-state index is -0.0444. The fourth-order valence-electron chi connectivity index (χ4n) is 2.09. The minimum absolute atomic E-state index is 0.0444. The second-order valence-electron chi connectivity index (χ2n) is 4.53. The van der Waals surface area contributed by atoms with E-state index >= 15 is 0 Å². The van der Waals surface area contributed by atoms with Crippen LogP contribution in [0.5, 0.6) is 0 Å². The van der Waals surface area contributed by atoms with E-state index in [0.717, 1.165) is 36.9 Å². The molecule has 0 atom stereocenters. The number of benzene rings is 1. The number of carbonyl (C=O) groups is 1. The highest BCUT2D eigenvalue weighted by Gasteiger charge is 2.15. The molecule has 1 amide bonds. The summed E-state index contributed by atoms with van der Waals surface area (Å²) in [6.45, 7) is 2.84. The van der Waals surface area contributed by atoms with E-state index in [0.29, 0.717) is 16.5 Å². The van der Waals surface area contributed by atoms with Crippen LogP contribution in [0.25, 0.3) is 0 Å². The summed E-state index contributed by atoms with van der Waals surface area (Å²) in [6.07, 6.45) is 2.25. The number of nitrogens with one attached hydrogen (secondary N) is 2. The molecule has 5 heteroatoms. The Labute approximate surface area is 120 Å². The highest BCUT2D eigenvalue weighted by atomic mass is 79.9. The Morgan fingerprint density at radius 3 is 2.83 bits per heavy atom. The average molecular weight is 332 g/mol. The Morgan fingerprint density at radius 1 is 1.44 bits per heavy atom. The molecule has 2 N–H and O–H groups in total. The van der Waals surface area contributed by atoms with Crippen LogP contribution in [0.1, 0.15) is 23.2 Å². The van der Waals surface area contributed by atoms with Gasteiger partial charge in [-0.15, -0.1) is 0 Å². The van der Waals surface area contributed by atoms with Crippen LogP contribution in [0.15, 0.2) is 22.7 Å². The van der Waals surface area contributed by atoms with Gasteiger partial charge in [-0.25, -0.2) is 0 Å². The van der Waals surface area contributed by atoms with Crippen LogP contribution in [-0.4, -0.2) is 25.5 Å². The fraction of sp³-hybridized carbons (Fsp3) is 0.462. The summed E-state index contributed by atoms with van der Waals surface area (Å²) in [5.41, 5.74) is 0.633. The molecule has 0 aromatic heterocycles. The van der Waals surface area contributed by atoms with Crippen molar-refractivity contribution >= 4 is 33.4 Å². The van der Waals surface area contributed by atoms with Crippen LogP contribution in [0.3, 0.4) is 0 Å². The van der Waals surface area contributed by atoms with Gasteiger partial charge in [-0.1, -0.05) is 11.6 Å². The Hall–Kier alpha value is -0.580. The predicted molar refractivity (Wildman–Crippen MR) is 77.1 cm³/mol. The molecular weight excluding hydrogens is 316 g/mol. The third-order valence-corrected chi connectivity index (χ3v) is 4.08. The fourth-order valence-corrected chi connectivity index (χ4v) is 2.95.